The standard InChI is InChI=1S/C28H32O5/c1-28(2)32-20-24(33-28)26(30-18-21-12-6-3-7-13-21)27(25(29)23-16-10-5-11-17-23)31-19-22-14-8-4-9-15-22/h3-17,24-27,29H,18-20H2,1-2H3/t24-,25-,26-,27-/m1/s1. The van der Waals surface area contributed by atoms with Gasteiger partial charge in [0.25, 0.3) is 0 Å². The molecule has 3 aromatic rings. The molecule has 0 bridgehead atoms. The maximum absolute atomic E-state index is 11.4. The van der Waals surface area contributed by atoms with Crippen LogP contribution >= 0.6 is 0 Å². The summed E-state index contributed by atoms with van der Waals surface area (Å²) in [6.07, 6.45) is -2.50. The second-order valence-electron chi connectivity index (χ2n) is 8.75. The van der Waals surface area contributed by atoms with E-state index < -0.39 is 24.1 Å². The smallest absolute Gasteiger partial charge is 0.163 e. The maximum Gasteiger partial charge on any atom is 0.163 e. The summed E-state index contributed by atoms with van der Waals surface area (Å²) in [7, 11) is 0. The lowest BCUT2D eigenvalue weighted by Gasteiger charge is -2.34. The van der Waals surface area contributed by atoms with E-state index in [9.17, 15) is 5.11 Å². The molecule has 0 unspecified atom stereocenters. The van der Waals surface area contributed by atoms with Gasteiger partial charge in [-0.3, -0.25) is 0 Å². The normalized spacial score (nSPS) is 20.3. The van der Waals surface area contributed by atoms with Gasteiger partial charge in [-0.2, -0.15) is 0 Å². The Kier molecular flexibility index (Phi) is 7.91. The zero-order valence-corrected chi connectivity index (χ0v) is 19.2. The van der Waals surface area contributed by atoms with E-state index in [1.807, 2.05) is 105 Å². The highest BCUT2D eigenvalue weighted by Crippen LogP contribution is 2.32. The highest BCUT2D eigenvalue weighted by atomic mass is 16.8. The van der Waals surface area contributed by atoms with Crippen molar-refractivity contribution in [3.63, 3.8) is 0 Å². The van der Waals surface area contributed by atoms with Gasteiger partial charge in [-0.25, -0.2) is 0 Å². The third-order valence-electron chi connectivity index (χ3n) is 5.74. The quantitative estimate of drug-likeness (QED) is 0.471. The van der Waals surface area contributed by atoms with Crippen LogP contribution in [0.25, 0.3) is 0 Å². The Morgan fingerprint density at radius 1 is 0.818 bits per heavy atom. The molecule has 1 saturated heterocycles. The Labute approximate surface area is 195 Å². The predicted octanol–water partition coefficient (Wildman–Crippen LogP) is 5.04. The third-order valence-corrected chi connectivity index (χ3v) is 5.74. The molecule has 5 nitrogen and oxygen atoms in total. The fraction of sp³-hybridized carbons (Fsp3) is 0.357. The predicted molar refractivity (Wildman–Crippen MR) is 126 cm³/mol. The van der Waals surface area contributed by atoms with Crippen molar-refractivity contribution in [1.29, 1.82) is 0 Å². The number of rotatable bonds is 10. The van der Waals surface area contributed by atoms with E-state index in [1.165, 1.54) is 0 Å². The Morgan fingerprint density at radius 2 is 1.33 bits per heavy atom. The first-order valence-corrected chi connectivity index (χ1v) is 11.4. The molecule has 1 aliphatic heterocycles. The van der Waals surface area contributed by atoms with Gasteiger partial charge in [-0.1, -0.05) is 91.0 Å². The molecule has 174 valence electrons. The Hall–Kier alpha value is -2.54. The van der Waals surface area contributed by atoms with Crippen LogP contribution in [-0.4, -0.2) is 35.8 Å². The minimum absolute atomic E-state index is 0.345. The zero-order chi connectivity index (χ0) is 23.1. The van der Waals surface area contributed by atoms with Crippen LogP contribution < -0.4 is 0 Å². The van der Waals surface area contributed by atoms with Crippen molar-refractivity contribution in [2.75, 3.05) is 6.61 Å². The molecule has 1 aliphatic rings. The van der Waals surface area contributed by atoms with Crippen molar-refractivity contribution >= 4 is 0 Å². The molecule has 0 spiro atoms. The summed E-state index contributed by atoms with van der Waals surface area (Å²) in [6, 6.07) is 29.4. The van der Waals surface area contributed by atoms with Crippen molar-refractivity contribution < 1.29 is 24.1 Å². The van der Waals surface area contributed by atoms with Gasteiger partial charge in [0.2, 0.25) is 0 Å². The Bertz CT molecular complexity index is 961. The van der Waals surface area contributed by atoms with Gasteiger partial charge in [0.05, 0.1) is 19.8 Å². The first kappa shape index (κ1) is 23.6. The molecule has 1 fully saturated rings. The van der Waals surface area contributed by atoms with E-state index in [4.69, 9.17) is 18.9 Å². The van der Waals surface area contributed by atoms with Crippen molar-refractivity contribution in [2.45, 2.75) is 57.3 Å². The minimum atomic E-state index is -0.900. The highest BCUT2D eigenvalue weighted by Gasteiger charge is 2.44. The van der Waals surface area contributed by atoms with E-state index in [-0.39, 0.29) is 6.10 Å². The van der Waals surface area contributed by atoms with Gasteiger partial charge < -0.3 is 24.1 Å². The monoisotopic (exact) mass is 448 g/mol. The number of benzene rings is 3. The molecular formula is C28H32O5. The summed E-state index contributed by atoms with van der Waals surface area (Å²) < 4.78 is 24.8. The molecular weight excluding hydrogens is 416 g/mol. The summed E-state index contributed by atoms with van der Waals surface area (Å²) in [6.45, 7) is 4.85. The van der Waals surface area contributed by atoms with Crippen LogP contribution in [0.3, 0.4) is 0 Å². The van der Waals surface area contributed by atoms with Gasteiger partial charge in [0, 0.05) is 0 Å². The first-order chi connectivity index (χ1) is 16.0. The van der Waals surface area contributed by atoms with Gasteiger partial charge in [-0.15, -0.1) is 0 Å². The largest absolute Gasteiger partial charge is 0.386 e. The third kappa shape index (κ3) is 6.50. The maximum atomic E-state index is 11.4. The molecule has 4 rings (SSSR count). The summed E-state index contributed by atoms with van der Waals surface area (Å²) in [5.41, 5.74) is 2.83. The zero-order valence-electron chi connectivity index (χ0n) is 19.2. The molecule has 0 amide bonds. The molecule has 1 heterocycles. The Morgan fingerprint density at radius 3 is 1.85 bits per heavy atom. The second-order valence-corrected chi connectivity index (χ2v) is 8.75. The number of aliphatic hydroxyl groups excluding tert-OH is 1. The second kappa shape index (κ2) is 11.1. The van der Waals surface area contributed by atoms with E-state index >= 15 is 0 Å². The number of ether oxygens (including phenoxy) is 4. The molecule has 3 aromatic carbocycles. The van der Waals surface area contributed by atoms with E-state index in [1.54, 1.807) is 0 Å². The van der Waals surface area contributed by atoms with Gasteiger partial charge in [0.1, 0.15) is 24.4 Å². The van der Waals surface area contributed by atoms with Crippen molar-refractivity contribution in [2.24, 2.45) is 0 Å². The van der Waals surface area contributed by atoms with Crippen LogP contribution in [0.2, 0.25) is 0 Å². The molecule has 0 radical (unpaired) electrons. The van der Waals surface area contributed by atoms with Crippen LogP contribution in [0, 0.1) is 0 Å². The van der Waals surface area contributed by atoms with E-state index in [2.05, 4.69) is 0 Å². The molecule has 1 N–H and O–H groups in total. The summed E-state index contributed by atoms with van der Waals surface area (Å²) >= 11 is 0. The number of hydrogen-bond donors (Lipinski definition) is 1. The molecule has 33 heavy (non-hydrogen) atoms. The fourth-order valence-electron chi connectivity index (χ4n) is 4.03. The lowest BCUT2D eigenvalue weighted by atomic mass is 9.96. The van der Waals surface area contributed by atoms with Crippen LogP contribution in [0.4, 0.5) is 0 Å². The molecule has 5 heteroatoms. The summed E-state index contributed by atoms with van der Waals surface area (Å²) in [5, 5.41) is 11.4. The summed E-state index contributed by atoms with van der Waals surface area (Å²) in [5.74, 6) is -0.722. The molecule has 0 aromatic heterocycles. The van der Waals surface area contributed by atoms with Gasteiger partial charge in [0.15, 0.2) is 5.79 Å². The van der Waals surface area contributed by atoms with Crippen molar-refractivity contribution in [3.05, 3.63) is 108 Å². The highest BCUT2D eigenvalue weighted by molar-refractivity contribution is 5.20. The minimum Gasteiger partial charge on any atom is -0.386 e. The van der Waals surface area contributed by atoms with Crippen LogP contribution in [0.1, 0.15) is 36.6 Å². The average molecular weight is 449 g/mol. The van der Waals surface area contributed by atoms with Crippen molar-refractivity contribution in [3.8, 4) is 0 Å². The van der Waals surface area contributed by atoms with Crippen LogP contribution in [0.5, 0.6) is 0 Å². The average Bonchev–Trinajstić information content (AvgIpc) is 3.21. The molecule has 0 saturated carbocycles. The topological polar surface area (TPSA) is 57.2 Å². The fourth-order valence-corrected chi connectivity index (χ4v) is 4.03. The van der Waals surface area contributed by atoms with Gasteiger partial charge >= 0.3 is 0 Å². The molecule has 4 atom stereocenters. The number of aliphatic hydroxyl groups is 1. The van der Waals surface area contributed by atoms with Gasteiger partial charge in [-0.05, 0) is 30.5 Å². The first-order valence-electron chi connectivity index (χ1n) is 11.4. The van der Waals surface area contributed by atoms with Crippen molar-refractivity contribution in [1.82, 2.24) is 0 Å². The van der Waals surface area contributed by atoms with Crippen LogP contribution in [-0.2, 0) is 32.2 Å². The Balaban J connectivity index is 1.61. The lowest BCUT2D eigenvalue weighted by Crippen LogP contribution is -2.46. The molecule has 0 aliphatic carbocycles. The van der Waals surface area contributed by atoms with E-state index in [0.29, 0.717) is 19.8 Å². The van der Waals surface area contributed by atoms with Crippen LogP contribution in [0.15, 0.2) is 91.0 Å². The summed E-state index contributed by atoms with van der Waals surface area (Å²) in [4.78, 5) is 0. The SMILES string of the molecule is CC1(C)OC[C@H]([C@@H](OCc2ccccc2)[C@H](OCc2ccccc2)[C@H](O)c2ccccc2)O1. The van der Waals surface area contributed by atoms with E-state index in [0.717, 1.165) is 16.7 Å². The number of hydrogen-bond acceptors (Lipinski definition) is 5. The lowest BCUT2D eigenvalue weighted by molar-refractivity contribution is -0.195.